The average molecular weight is 226 g/mol. The highest BCUT2D eigenvalue weighted by Gasteiger charge is 2.34. The minimum absolute atomic E-state index is 0.569. The first-order valence-electron chi connectivity index (χ1n) is 6.99. The molecule has 0 bridgehead atoms. The largest absolute Gasteiger partial charge is 0.319 e. The Morgan fingerprint density at radius 1 is 1.25 bits per heavy atom. The van der Waals surface area contributed by atoms with E-state index in [-0.39, 0.29) is 0 Å². The SMILES string of the molecule is CCN(CC(C)C)CC1(CNC)CCCC1. The van der Waals surface area contributed by atoms with E-state index in [1.54, 1.807) is 0 Å². The van der Waals surface area contributed by atoms with Crippen molar-refractivity contribution in [1.29, 1.82) is 0 Å². The van der Waals surface area contributed by atoms with E-state index in [1.165, 1.54) is 51.9 Å². The van der Waals surface area contributed by atoms with E-state index < -0.39 is 0 Å². The van der Waals surface area contributed by atoms with Gasteiger partial charge in [-0.15, -0.1) is 0 Å². The minimum atomic E-state index is 0.569. The molecule has 1 aliphatic carbocycles. The quantitative estimate of drug-likeness (QED) is 0.718. The molecule has 1 rings (SSSR count). The second-order valence-corrected chi connectivity index (χ2v) is 5.96. The monoisotopic (exact) mass is 226 g/mol. The van der Waals surface area contributed by atoms with Crippen LogP contribution in [0.3, 0.4) is 0 Å². The average Bonchev–Trinajstić information content (AvgIpc) is 2.65. The predicted octanol–water partition coefficient (Wildman–Crippen LogP) is 2.74. The van der Waals surface area contributed by atoms with Gasteiger partial charge in [0.25, 0.3) is 0 Å². The summed E-state index contributed by atoms with van der Waals surface area (Å²) in [6.45, 7) is 11.9. The maximum atomic E-state index is 3.41. The lowest BCUT2D eigenvalue weighted by Crippen LogP contribution is -2.43. The molecule has 0 saturated heterocycles. The molecular formula is C14H30N2. The zero-order valence-electron chi connectivity index (χ0n) is 11.7. The zero-order chi connectivity index (χ0) is 12.0. The van der Waals surface area contributed by atoms with Gasteiger partial charge in [0.15, 0.2) is 0 Å². The van der Waals surface area contributed by atoms with E-state index in [0.29, 0.717) is 5.41 Å². The first-order chi connectivity index (χ1) is 7.62. The molecule has 0 spiro atoms. The smallest absolute Gasteiger partial charge is 0.00501 e. The van der Waals surface area contributed by atoms with Crippen LogP contribution in [-0.2, 0) is 0 Å². The summed E-state index contributed by atoms with van der Waals surface area (Å²) in [4.78, 5) is 2.65. The first-order valence-corrected chi connectivity index (χ1v) is 6.99. The van der Waals surface area contributed by atoms with Crippen LogP contribution in [0.25, 0.3) is 0 Å². The second-order valence-electron chi connectivity index (χ2n) is 5.96. The van der Waals surface area contributed by atoms with Gasteiger partial charge in [-0.25, -0.2) is 0 Å². The van der Waals surface area contributed by atoms with Gasteiger partial charge < -0.3 is 10.2 Å². The van der Waals surface area contributed by atoms with Crippen LogP contribution in [0, 0.1) is 11.3 Å². The molecule has 0 aromatic rings. The fourth-order valence-electron chi connectivity index (χ4n) is 3.19. The maximum Gasteiger partial charge on any atom is 0.00501 e. The number of nitrogens with one attached hydrogen (secondary N) is 1. The Morgan fingerprint density at radius 2 is 1.88 bits per heavy atom. The predicted molar refractivity (Wildman–Crippen MR) is 71.8 cm³/mol. The van der Waals surface area contributed by atoms with Gasteiger partial charge >= 0.3 is 0 Å². The number of hydrogen-bond acceptors (Lipinski definition) is 2. The molecule has 96 valence electrons. The summed E-state index contributed by atoms with van der Waals surface area (Å²) in [6, 6.07) is 0. The Morgan fingerprint density at radius 3 is 2.31 bits per heavy atom. The van der Waals surface area contributed by atoms with Crippen molar-refractivity contribution in [3.8, 4) is 0 Å². The Labute approximate surface area is 102 Å². The van der Waals surface area contributed by atoms with E-state index in [9.17, 15) is 0 Å². The molecule has 0 unspecified atom stereocenters. The summed E-state index contributed by atoms with van der Waals surface area (Å²) in [7, 11) is 2.10. The van der Waals surface area contributed by atoms with E-state index in [2.05, 4.69) is 38.0 Å². The fourth-order valence-corrected chi connectivity index (χ4v) is 3.19. The lowest BCUT2D eigenvalue weighted by molar-refractivity contribution is 0.144. The Hall–Kier alpha value is -0.0800. The Balaban J connectivity index is 2.51. The van der Waals surface area contributed by atoms with Crippen molar-refractivity contribution in [2.45, 2.75) is 46.5 Å². The van der Waals surface area contributed by atoms with Crippen molar-refractivity contribution in [2.24, 2.45) is 11.3 Å². The van der Waals surface area contributed by atoms with Crippen molar-refractivity contribution in [3.63, 3.8) is 0 Å². The third kappa shape index (κ3) is 4.06. The van der Waals surface area contributed by atoms with Crippen LogP contribution in [0.1, 0.15) is 46.5 Å². The van der Waals surface area contributed by atoms with E-state index in [0.717, 1.165) is 5.92 Å². The van der Waals surface area contributed by atoms with Crippen molar-refractivity contribution < 1.29 is 0 Å². The third-order valence-corrected chi connectivity index (χ3v) is 3.85. The molecular weight excluding hydrogens is 196 g/mol. The summed E-state index contributed by atoms with van der Waals surface area (Å²) in [6.07, 6.45) is 5.70. The van der Waals surface area contributed by atoms with Crippen LogP contribution < -0.4 is 5.32 Å². The van der Waals surface area contributed by atoms with Crippen LogP contribution in [0.4, 0.5) is 0 Å². The normalized spacial score (nSPS) is 19.9. The van der Waals surface area contributed by atoms with Gasteiger partial charge in [-0.2, -0.15) is 0 Å². The maximum absolute atomic E-state index is 3.41. The number of nitrogens with zero attached hydrogens (tertiary/aromatic N) is 1. The van der Waals surface area contributed by atoms with Crippen molar-refractivity contribution >= 4 is 0 Å². The summed E-state index contributed by atoms with van der Waals surface area (Å²) in [5.74, 6) is 0.785. The highest BCUT2D eigenvalue weighted by atomic mass is 15.1. The lowest BCUT2D eigenvalue weighted by Gasteiger charge is -2.35. The molecule has 0 heterocycles. The summed E-state index contributed by atoms with van der Waals surface area (Å²) >= 11 is 0. The van der Waals surface area contributed by atoms with E-state index >= 15 is 0 Å². The van der Waals surface area contributed by atoms with Crippen molar-refractivity contribution in [1.82, 2.24) is 10.2 Å². The molecule has 0 amide bonds. The van der Waals surface area contributed by atoms with E-state index in [1.807, 2.05) is 0 Å². The third-order valence-electron chi connectivity index (χ3n) is 3.85. The lowest BCUT2D eigenvalue weighted by atomic mass is 9.85. The summed E-state index contributed by atoms with van der Waals surface area (Å²) < 4.78 is 0. The number of rotatable bonds is 7. The molecule has 1 fully saturated rings. The van der Waals surface area contributed by atoms with E-state index in [4.69, 9.17) is 0 Å². The van der Waals surface area contributed by atoms with Crippen LogP contribution >= 0.6 is 0 Å². The van der Waals surface area contributed by atoms with Gasteiger partial charge in [-0.3, -0.25) is 0 Å². The number of hydrogen-bond donors (Lipinski definition) is 1. The molecule has 0 atom stereocenters. The molecule has 0 aliphatic heterocycles. The van der Waals surface area contributed by atoms with Gasteiger partial charge in [0, 0.05) is 19.6 Å². The van der Waals surface area contributed by atoms with Gasteiger partial charge in [0.2, 0.25) is 0 Å². The van der Waals surface area contributed by atoms with Crippen molar-refractivity contribution in [2.75, 3.05) is 33.2 Å². The highest BCUT2D eigenvalue weighted by molar-refractivity contribution is 4.89. The Kier molecular flexibility index (Phi) is 5.77. The summed E-state index contributed by atoms with van der Waals surface area (Å²) in [5.41, 5.74) is 0.569. The minimum Gasteiger partial charge on any atom is -0.319 e. The molecule has 0 aromatic heterocycles. The van der Waals surface area contributed by atoms with Gasteiger partial charge in [-0.05, 0) is 37.8 Å². The standard InChI is InChI=1S/C14H30N2/c1-5-16(10-13(2)3)12-14(11-15-4)8-6-7-9-14/h13,15H,5-12H2,1-4H3. The topological polar surface area (TPSA) is 15.3 Å². The Bertz CT molecular complexity index is 183. The first kappa shape index (κ1) is 14.0. The molecule has 1 saturated carbocycles. The van der Waals surface area contributed by atoms with Gasteiger partial charge in [0.1, 0.15) is 0 Å². The molecule has 2 nitrogen and oxygen atoms in total. The second kappa shape index (κ2) is 6.61. The van der Waals surface area contributed by atoms with Crippen LogP contribution in [0.2, 0.25) is 0 Å². The molecule has 0 radical (unpaired) electrons. The van der Waals surface area contributed by atoms with Gasteiger partial charge in [0.05, 0.1) is 0 Å². The molecule has 16 heavy (non-hydrogen) atoms. The van der Waals surface area contributed by atoms with Crippen LogP contribution in [0.5, 0.6) is 0 Å². The van der Waals surface area contributed by atoms with Crippen LogP contribution in [0.15, 0.2) is 0 Å². The van der Waals surface area contributed by atoms with Crippen molar-refractivity contribution in [3.05, 3.63) is 0 Å². The molecule has 0 aromatic carbocycles. The zero-order valence-corrected chi connectivity index (χ0v) is 11.7. The molecule has 1 N–H and O–H groups in total. The fraction of sp³-hybridized carbons (Fsp3) is 1.00. The highest BCUT2D eigenvalue weighted by Crippen LogP contribution is 2.38. The molecule has 1 aliphatic rings. The van der Waals surface area contributed by atoms with Crippen LogP contribution in [-0.4, -0.2) is 38.1 Å². The molecule has 2 heteroatoms. The summed E-state index contributed by atoms with van der Waals surface area (Å²) in [5, 5.41) is 3.41. The van der Waals surface area contributed by atoms with Gasteiger partial charge in [-0.1, -0.05) is 33.6 Å².